The Hall–Kier alpha value is 0.240. The van der Waals surface area contributed by atoms with Crippen LogP contribution in [0.3, 0.4) is 0 Å². The molecule has 1 unspecified atom stereocenters. The molecule has 0 aromatic carbocycles. The van der Waals surface area contributed by atoms with Gasteiger partial charge in [0.15, 0.2) is 0 Å². The molecule has 1 aliphatic heterocycles. The van der Waals surface area contributed by atoms with Crippen LogP contribution in [-0.4, -0.2) is 41.0 Å². The van der Waals surface area contributed by atoms with Crippen LogP contribution < -0.4 is 0 Å². The van der Waals surface area contributed by atoms with Crippen molar-refractivity contribution in [2.24, 2.45) is 0 Å². The van der Waals surface area contributed by atoms with Crippen molar-refractivity contribution in [3.05, 3.63) is 24.5 Å². The molecule has 0 bridgehead atoms. The van der Waals surface area contributed by atoms with Gasteiger partial charge in [0.05, 0.1) is 6.26 Å². The largest absolute Gasteiger partial charge is 0.469 e. The Bertz CT molecular complexity index is 109. The minimum atomic E-state index is -0.731. The van der Waals surface area contributed by atoms with Crippen LogP contribution in [0.15, 0.2) is 24.5 Å². The third-order valence-corrected chi connectivity index (χ3v) is 0.683. The molecule has 0 amide bonds. The molecule has 0 aliphatic carbocycles. The van der Waals surface area contributed by atoms with E-state index in [1.807, 2.05) is 0 Å². The van der Waals surface area contributed by atoms with E-state index in [2.05, 4.69) is 4.74 Å². The first-order valence-electron chi connectivity index (χ1n) is 2.06. The second-order valence-corrected chi connectivity index (χ2v) is 1.24. The molecule has 0 saturated heterocycles. The van der Waals surface area contributed by atoms with Gasteiger partial charge >= 0.3 is 0 Å². The van der Waals surface area contributed by atoms with E-state index < -0.39 is 6.29 Å². The van der Waals surface area contributed by atoms with Crippen LogP contribution in [0.2, 0.25) is 0 Å². The van der Waals surface area contributed by atoms with Crippen molar-refractivity contribution in [2.75, 3.05) is 0 Å². The monoisotopic (exact) mass is 121 g/mol. The van der Waals surface area contributed by atoms with E-state index in [1.165, 1.54) is 6.26 Å². The molecule has 0 spiro atoms. The minimum absolute atomic E-state index is 0. The van der Waals surface area contributed by atoms with Crippen molar-refractivity contribution in [3.63, 3.8) is 0 Å². The van der Waals surface area contributed by atoms with E-state index in [0.717, 1.165) is 0 Å². The maximum absolute atomic E-state index is 8.55. The Kier molecular flexibility index (Phi) is 4.28. The van der Waals surface area contributed by atoms with Crippen LogP contribution >= 0.6 is 0 Å². The van der Waals surface area contributed by atoms with Crippen LogP contribution in [0, 0.1) is 0 Å². The van der Waals surface area contributed by atoms with E-state index in [0.29, 0.717) is 0 Å². The number of allylic oxidation sites excluding steroid dienone is 2. The second kappa shape index (κ2) is 4.15. The molecule has 1 rings (SSSR count). The third kappa shape index (κ3) is 2.52. The van der Waals surface area contributed by atoms with Gasteiger partial charge in [-0.1, -0.05) is 6.08 Å². The summed E-state index contributed by atoms with van der Waals surface area (Å²) in [6.45, 7) is 0. The average molecular weight is 121 g/mol. The van der Waals surface area contributed by atoms with Crippen LogP contribution in [0.1, 0.15) is 0 Å². The van der Waals surface area contributed by atoms with E-state index in [9.17, 15) is 0 Å². The molecule has 1 atom stereocenters. The molecule has 1 aliphatic rings. The van der Waals surface area contributed by atoms with E-state index in [1.54, 1.807) is 18.2 Å². The Morgan fingerprint density at radius 2 is 2.12 bits per heavy atom. The quantitative estimate of drug-likeness (QED) is 0.458. The summed E-state index contributed by atoms with van der Waals surface area (Å²) < 4.78 is 4.57. The fourth-order valence-corrected chi connectivity index (χ4v) is 0.376. The predicted octanol–water partition coefficient (Wildman–Crippen LogP) is 0.0241. The number of ether oxygens (including phenoxy) is 1. The van der Waals surface area contributed by atoms with Gasteiger partial charge in [0.1, 0.15) is 0 Å². The summed E-state index contributed by atoms with van der Waals surface area (Å²) >= 11 is 0. The summed E-state index contributed by atoms with van der Waals surface area (Å²) in [5.41, 5.74) is 0. The number of aliphatic hydroxyl groups is 1. The first kappa shape index (κ1) is 8.24. The molecule has 39 valence electrons. The van der Waals surface area contributed by atoms with Crippen molar-refractivity contribution < 1.29 is 9.84 Å². The fraction of sp³-hybridized carbons (Fsp3) is 0.200. The van der Waals surface area contributed by atoms with Crippen molar-refractivity contribution in [2.45, 2.75) is 6.29 Å². The van der Waals surface area contributed by atoms with Gasteiger partial charge in [0, 0.05) is 29.6 Å². The summed E-state index contributed by atoms with van der Waals surface area (Å²) in [5.74, 6) is 0. The molecular formula is C5H6NaO2. The van der Waals surface area contributed by atoms with Crippen LogP contribution in [0.4, 0.5) is 0 Å². The molecule has 1 heterocycles. The number of hydrogen-bond acceptors (Lipinski definition) is 2. The molecule has 0 fully saturated rings. The molecule has 3 heteroatoms. The SMILES string of the molecule is OC1C=CC=CO1.[Na]. The third-order valence-electron chi connectivity index (χ3n) is 0.683. The van der Waals surface area contributed by atoms with Gasteiger partial charge in [-0.05, 0) is 12.2 Å². The molecule has 8 heavy (non-hydrogen) atoms. The smallest absolute Gasteiger partial charge is 0.216 e. The zero-order valence-electron chi connectivity index (χ0n) is 4.74. The fourth-order valence-electron chi connectivity index (χ4n) is 0.376. The van der Waals surface area contributed by atoms with Gasteiger partial charge in [-0.2, -0.15) is 0 Å². The van der Waals surface area contributed by atoms with Crippen molar-refractivity contribution in [1.82, 2.24) is 0 Å². The Morgan fingerprint density at radius 3 is 2.38 bits per heavy atom. The minimum Gasteiger partial charge on any atom is -0.469 e. The molecule has 0 aromatic rings. The van der Waals surface area contributed by atoms with Gasteiger partial charge in [-0.15, -0.1) is 0 Å². The number of hydrogen-bond donors (Lipinski definition) is 1. The standard InChI is InChI=1S/C5H6O2.Na/c6-5-3-1-2-4-7-5;/h1-6H;. The van der Waals surface area contributed by atoms with Crippen molar-refractivity contribution in [3.8, 4) is 0 Å². The van der Waals surface area contributed by atoms with Gasteiger partial charge in [0.25, 0.3) is 0 Å². The first-order valence-corrected chi connectivity index (χ1v) is 2.06. The van der Waals surface area contributed by atoms with E-state index >= 15 is 0 Å². The Balaban J connectivity index is 0.000000490. The van der Waals surface area contributed by atoms with Crippen LogP contribution in [0.5, 0.6) is 0 Å². The van der Waals surface area contributed by atoms with Gasteiger partial charge in [-0.3, -0.25) is 0 Å². The maximum atomic E-state index is 8.55. The molecule has 1 radical (unpaired) electrons. The zero-order chi connectivity index (χ0) is 5.11. The first-order chi connectivity index (χ1) is 3.39. The van der Waals surface area contributed by atoms with Crippen LogP contribution in [-0.2, 0) is 4.74 Å². The number of aliphatic hydroxyl groups excluding tert-OH is 1. The summed E-state index contributed by atoms with van der Waals surface area (Å²) in [7, 11) is 0. The summed E-state index contributed by atoms with van der Waals surface area (Å²) in [6.07, 6.45) is 5.72. The topological polar surface area (TPSA) is 29.5 Å². The van der Waals surface area contributed by atoms with Crippen LogP contribution in [0.25, 0.3) is 0 Å². The van der Waals surface area contributed by atoms with Gasteiger partial charge in [0.2, 0.25) is 6.29 Å². The summed E-state index contributed by atoms with van der Waals surface area (Å²) in [4.78, 5) is 0. The zero-order valence-corrected chi connectivity index (χ0v) is 6.74. The van der Waals surface area contributed by atoms with Gasteiger partial charge in [-0.25, -0.2) is 0 Å². The maximum Gasteiger partial charge on any atom is 0.216 e. The molecule has 1 N–H and O–H groups in total. The predicted molar refractivity (Wildman–Crippen MR) is 31.1 cm³/mol. The normalized spacial score (nSPS) is 23.9. The Morgan fingerprint density at radius 1 is 1.38 bits per heavy atom. The van der Waals surface area contributed by atoms with E-state index in [-0.39, 0.29) is 29.6 Å². The Labute approximate surface area is 70.1 Å². The molecule has 2 nitrogen and oxygen atoms in total. The average Bonchev–Trinajstić information content (AvgIpc) is 1.69. The van der Waals surface area contributed by atoms with Gasteiger partial charge < -0.3 is 9.84 Å². The molecule has 0 saturated carbocycles. The summed E-state index contributed by atoms with van der Waals surface area (Å²) in [5, 5.41) is 8.55. The summed E-state index contributed by atoms with van der Waals surface area (Å²) in [6, 6.07) is 0. The molecular weight excluding hydrogens is 115 g/mol. The number of rotatable bonds is 0. The van der Waals surface area contributed by atoms with Crippen molar-refractivity contribution >= 4 is 29.6 Å². The van der Waals surface area contributed by atoms with Crippen molar-refractivity contribution in [1.29, 1.82) is 0 Å². The van der Waals surface area contributed by atoms with E-state index in [4.69, 9.17) is 5.11 Å². The second-order valence-electron chi connectivity index (χ2n) is 1.24. The molecule has 0 aromatic heterocycles.